The first-order chi connectivity index (χ1) is 10.3. The van der Waals surface area contributed by atoms with Crippen LogP contribution in [0.25, 0.3) is 0 Å². The van der Waals surface area contributed by atoms with E-state index >= 15 is 0 Å². The number of piperidine rings is 1. The van der Waals surface area contributed by atoms with Gasteiger partial charge in [-0.05, 0) is 38.5 Å². The van der Waals surface area contributed by atoms with Crippen molar-refractivity contribution in [2.24, 2.45) is 5.92 Å². The number of anilines is 1. The van der Waals surface area contributed by atoms with E-state index < -0.39 is 0 Å². The van der Waals surface area contributed by atoms with Gasteiger partial charge in [-0.1, -0.05) is 0 Å². The lowest BCUT2D eigenvalue weighted by Crippen LogP contribution is -2.36. The summed E-state index contributed by atoms with van der Waals surface area (Å²) in [7, 11) is 1.78. The highest BCUT2D eigenvalue weighted by Gasteiger charge is 2.22. The Morgan fingerprint density at radius 1 is 1.29 bits per heavy atom. The molecule has 1 N–H and O–H groups in total. The van der Waals surface area contributed by atoms with E-state index in [1.165, 1.54) is 31.2 Å². The molecule has 0 bridgehead atoms. The van der Waals surface area contributed by atoms with Gasteiger partial charge in [-0.15, -0.1) is 0 Å². The van der Waals surface area contributed by atoms with Crippen molar-refractivity contribution in [2.75, 3.05) is 31.7 Å². The van der Waals surface area contributed by atoms with Crippen molar-refractivity contribution in [1.82, 2.24) is 15.3 Å². The summed E-state index contributed by atoms with van der Waals surface area (Å²) in [5.41, 5.74) is 2.33. The molecule has 2 heterocycles. The number of hydrogen-bond acceptors (Lipinski definition) is 5. The van der Waals surface area contributed by atoms with Crippen molar-refractivity contribution in [3.05, 3.63) is 17.5 Å². The minimum Gasteiger partial charge on any atom is -0.384 e. The highest BCUT2D eigenvalue weighted by molar-refractivity contribution is 5.33. The molecular weight excluding hydrogens is 264 g/mol. The summed E-state index contributed by atoms with van der Waals surface area (Å²) in [6, 6.07) is 0.726. The third-order valence-corrected chi connectivity index (χ3v) is 4.53. The molecule has 0 atom stereocenters. The lowest BCUT2D eigenvalue weighted by Gasteiger charge is -2.31. The van der Waals surface area contributed by atoms with Crippen LogP contribution in [-0.4, -0.2) is 42.8 Å². The van der Waals surface area contributed by atoms with E-state index in [1.54, 1.807) is 7.11 Å². The van der Waals surface area contributed by atoms with Crippen LogP contribution >= 0.6 is 0 Å². The summed E-state index contributed by atoms with van der Waals surface area (Å²) in [6.07, 6.45) is 6.96. The first kappa shape index (κ1) is 14.7. The fraction of sp³-hybridized carbons (Fsp3) is 0.750. The summed E-state index contributed by atoms with van der Waals surface area (Å²) in [4.78, 5) is 11.6. The number of aromatic nitrogens is 2. The molecule has 0 unspecified atom stereocenters. The number of hydrogen-bond donors (Lipinski definition) is 1. The molecule has 1 aliphatic carbocycles. The summed E-state index contributed by atoms with van der Waals surface area (Å²) in [5, 5.41) is 3.53. The minimum absolute atomic E-state index is 0.689. The van der Waals surface area contributed by atoms with Crippen LogP contribution in [0.3, 0.4) is 0 Å². The van der Waals surface area contributed by atoms with Crippen LogP contribution in [0.15, 0.2) is 6.20 Å². The first-order valence-corrected chi connectivity index (χ1v) is 8.06. The van der Waals surface area contributed by atoms with Gasteiger partial charge in [0.2, 0.25) is 5.95 Å². The monoisotopic (exact) mass is 290 g/mol. The highest BCUT2D eigenvalue weighted by Crippen LogP contribution is 2.22. The van der Waals surface area contributed by atoms with Crippen LogP contribution in [0.5, 0.6) is 0 Å². The van der Waals surface area contributed by atoms with Crippen molar-refractivity contribution < 1.29 is 4.74 Å². The maximum atomic E-state index is 5.25. The van der Waals surface area contributed by atoms with Gasteiger partial charge >= 0.3 is 0 Å². The zero-order valence-electron chi connectivity index (χ0n) is 13.1. The Kier molecular flexibility index (Phi) is 4.70. The predicted octanol–water partition coefficient (Wildman–Crippen LogP) is 1.90. The van der Waals surface area contributed by atoms with E-state index in [0.717, 1.165) is 43.9 Å². The smallest absolute Gasteiger partial charge is 0.225 e. The molecule has 0 spiro atoms. The van der Waals surface area contributed by atoms with Crippen molar-refractivity contribution in [2.45, 2.75) is 45.2 Å². The molecular formula is C16H26N4O. The van der Waals surface area contributed by atoms with Gasteiger partial charge in [0.1, 0.15) is 0 Å². The molecule has 5 heteroatoms. The zero-order valence-corrected chi connectivity index (χ0v) is 13.1. The van der Waals surface area contributed by atoms with Gasteiger partial charge in [-0.2, -0.15) is 0 Å². The molecule has 0 aromatic carbocycles. The Hall–Kier alpha value is -1.20. The molecule has 0 amide bonds. The number of aryl methyl sites for hydroxylation is 1. The van der Waals surface area contributed by atoms with Gasteiger partial charge in [-0.3, -0.25) is 0 Å². The van der Waals surface area contributed by atoms with Crippen LogP contribution in [0.4, 0.5) is 5.95 Å². The van der Waals surface area contributed by atoms with Crippen LogP contribution < -0.4 is 10.2 Å². The van der Waals surface area contributed by atoms with E-state index in [2.05, 4.69) is 22.1 Å². The molecule has 1 saturated heterocycles. The average Bonchev–Trinajstić information content (AvgIpc) is 3.31. The van der Waals surface area contributed by atoms with Gasteiger partial charge in [0, 0.05) is 56.8 Å². The molecule has 2 fully saturated rings. The number of ether oxygens (including phenoxy) is 1. The third-order valence-electron chi connectivity index (χ3n) is 4.53. The topological polar surface area (TPSA) is 50.3 Å². The zero-order chi connectivity index (χ0) is 14.7. The number of rotatable bonds is 6. The van der Waals surface area contributed by atoms with Gasteiger partial charge < -0.3 is 15.0 Å². The number of methoxy groups -OCH3 is 1. The van der Waals surface area contributed by atoms with E-state index in [-0.39, 0.29) is 0 Å². The Bertz CT molecular complexity index is 467. The summed E-state index contributed by atoms with van der Waals surface area (Å²) in [6.45, 7) is 5.93. The lowest BCUT2D eigenvalue weighted by molar-refractivity contribution is 0.139. The van der Waals surface area contributed by atoms with Gasteiger partial charge in [0.15, 0.2) is 0 Å². The quantitative estimate of drug-likeness (QED) is 0.867. The maximum Gasteiger partial charge on any atom is 0.225 e. The maximum absolute atomic E-state index is 5.25. The van der Waals surface area contributed by atoms with Crippen LogP contribution in [0.2, 0.25) is 0 Å². The Labute approximate surface area is 127 Å². The molecule has 1 aromatic rings. The van der Waals surface area contributed by atoms with Gasteiger partial charge in [-0.25, -0.2) is 9.97 Å². The Morgan fingerprint density at radius 2 is 2.05 bits per heavy atom. The summed E-state index contributed by atoms with van der Waals surface area (Å²) < 4.78 is 5.25. The molecule has 21 heavy (non-hydrogen) atoms. The molecule has 116 valence electrons. The van der Waals surface area contributed by atoms with Crippen LogP contribution in [-0.2, 0) is 11.3 Å². The lowest BCUT2D eigenvalue weighted by atomic mass is 9.98. The number of nitrogens with zero attached hydrogens (tertiary/aromatic N) is 3. The molecule has 1 saturated carbocycles. The van der Waals surface area contributed by atoms with Gasteiger partial charge in [0.05, 0.1) is 0 Å². The van der Waals surface area contributed by atoms with E-state index in [1.807, 2.05) is 6.20 Å². The second kappa shape index (κ2) is 6.71. The van der Waals surface area contributed by atoms with Crippen molar-refractivity contribution in [1.29, 1.82) is 0 Å². The van der Waals surface area contributed by atoms with E-state index in [9.17, 15) is 0 Å². The van der Waals surface area contributed by atoms with Crippen molar-refractivity contribution in [3.63, 3.8) is 0 Å². The molecule has 1 aromatic heterocycles. The fourth-order valence-electron chi connectivity index (χ4n) is 2.88. The number of nitrogens with one attached hydrogen (secondary N) is 1. The summed E-state index contributed by atoms with van der Waals surface area (Å²) >= 11 is 0. The Balaban J connectivity index is 1.57. The largest absolute Gasteiger partial charge is 0.384 e. The fourth-order valence-corrected chi connectivity index (χ4v) is 2.88. The van der Waals surface area contributed by atoms with Crippen molar-refractivity contribution >= 4 is 5.95 Å². The average molecular weight is 290 g/mol. The molecule has 5 nitrogen and oxygen atoms in total. The standard InChI is InChI=1S/C16H26N4O/c1-12-14(9-17-15-3-4-15)10-18-16(19-12)20-7-5-13(6-8-20)11-21-2/h10,13,15,17H,3-9,11H2,1-2H3. The van der Waals surface area contributed by atoms with E-state index in [0.29, 0.717) is 5.92 Å². The normalized spacial score (nSPS) is 20.0. The SMILES string of the molecule is COCC1CCN(c2ncc(CNC3CC3)c(C)n2)CC1. The Morgan fingerprint density at radius 3 is 2.67 bits per heavy atom. The molecule has 3 rings (SSSR count). The van der Waals surface area contributed by atoms with E-state index in [4.69, 9.17) is 9.72 Å². The molecule has 2 aliphatic rings. The summed E-state index contributed by atoms with van der Waals surface area (Å²) in [5.74, 6) is 1.58. The third kappa shape index (κ3) is 3.92. The molecule has 0 radical (unpaired) electrons. The highest BCUT2D eigenvalue weighted by atomic mass is 16.5. The van der Waals surface area contributed by atoms with Crippen molar-refractivity contribution in [3.8, 4) is 0 Å². The minimum atomic E-state index is 0.689. The second-order valence-corrected chi connectivity index (χ2v) is 6.32. The second-order valence-electron chi connectivity index (χ2n) is 6.32. The molecule has 1 aliphatic heterocycles. The predicted molar refractivity (Wildman–Crippen MR) is 83.4 cm³/mol. The van der Waals surface area contributed by atoms with Crippen LogP contribution in [0, 0.1) is 12.8 Å². The van der Waals surface area contributed by atoms with Gasteiger partial charge in [0.25, 0.3) is 0 Å². The van der Waals surface area contributed by atoms with Crippen LogP contribution in [0.1, 0.15) is 36.9 Å². The first-order valence-electron chi connectivity index (χ1n) is 8.06.